The predicted octanol–water partition coefficient (Wildman–Crippen LogP) is 5.42. The first-order valence-electron chi connectivity index (χ1n) is 8.06. The molecular formula is C19H33N. The zero-order chi connectivity index (χ0) is 15.3. The molecule has 0 spiro atoms. The van der Waals surface area contributed by atoms with Crippen LogP contribution in [-0.4, -0.2) is 6.54 Å². The summed E-state index contributed by atoms with van der Waals surface area (Å²) in [4.78, 5) is 0. The summed E-state index contributed by atoms with van der Waals surface area (Å²) < 4.78 is 0. The van der Waals surface area contributed by atoms with Crippen LogP contribution in [0.15, 0.2) is 18.2 Å². The Hall–Kier alpha value is -0.820. The van der Waals surface area contributed by atoms with Gasteiger partial charge in [0.1, 0.15) is 0 Å². The van der Waals surface area contributed by atoms with E-state index >= 15 is 0 Å². The van der Waals surface area contributed by atoms with E-state index in [1.807, 2.05) is 0 Å². The van der Waals surface area contributed by atoms with Gasteiger partial charge in [-0.05, 0) is 61.3 Å². The largest absolute Gasteiger partial charge is 0.310 e. The summed E-state index contributed by atoms with van der Waals surface area (Å²) in [7, 11) is 0. The van der Waals surface area contributed by atoms with Crippen molar-refractivity contribution in [2.24, 2.45) is 11.3 Å². The average molecular weight is 275 g/mol. The Kier molecular flexibility index (Phi) is 6.26. The number of hydrogen-bond donors (Lipinski definition) is 1. The fourth-order valence-corrected chi connectivity index (χ4v) is 2.50. The first-order chi connectivity index (χ1) is 9.27. The summed E-state index contributed by atoms with van der Waals surface area (Å²) in [6, 6.07) is 7.18. The van der Waals surface area contributed by atoms with Crippen molar-refractivity contribution >= 4 is 0 Å². The number of nitrogens with one attached hydrogen (secondary N) is 1. The third-order valence-electron chi connectivity index (χ3n) is 4.73. The standard InChI is InChI=1S/C19H33N/c1-8-12-20-18(13-15(3)19(5,6)7)17-11-9-10-14(2)16(17)4/h9-11,15,18,20H,8,12-13H2,1-7H3. The Morgan fingerprint density at radius 2 is 1.80 bits per heavy atom. The van der Waals surface area contributed by atoms with Crippen LogP contribution in [0.25, 0.3) is 0 Å². The van der Waals surface area contributed by atoms with Gasteiger partial charge in [-0.2, -0.15) is 0 Å². The van der Waals surface area contributed by atoms with Gasteiger partial charge in [-0.25, -0.2) is 0 Å². The molecule has 0 aliphatic heterocycles. The molecular weight excluding hydrogens is 242 g/mol. The van der Waals surface area contributed by atoms with Crippen LogP contribution in [0.4, 0.5) is 0 Å². The van der Waals surface area contributed by atoms with E-state index in [-0.39, 0.29) is 0 Å². The van der Waals surface area contributed by atoms with Gasteiger partial charge in [0.05, 0.1) is 0 Å². The number of rotatable bonds is 6. The molecule has 0 saturated carbocycles. The zero-order valence-electron chi connectivity index (χ0n) is 14.5. The van der Waals surface area contributed by atoms with Gasteiger partial charge in [0.15, 0.2) is 0 Å². The van der Waals surface area contributed by atoms with Crippen molar-refractivity contribution < 1.29 is 0 Å². The highest BCUT2D eigenvalue weighted by Crippen LogP contribution is 2.34. The molecule has 2 unspecified atom stereocenters. The molecule has 0 aromatic heterocycles. The first kappa shape index (κ1) is 17.2. The lowest BCUT2D eigenvalue weighted by Gasteiger charge is -2.32. The van der Waals surface area contributed by atoms with Crippen molar-refractivity contribution in [3.8, 4) is 0 Å². The number of hydrogen-bond acceptors (Lipinski definition) is 1. The van der Waals surface area contributed by atoms with Gasteiger partial charge >= 0.3 is 0 Å². The van der Waals surface area contributed by atoms with Crippen LogP contribution >= 0.6 is 0 Å². The normalized spacial score (nSPS) is 15.2. The Morgan fingerprint density at radius 3 is 2.35 bits per heavy atom. The van der Waals surface area contributed by atoms with Crippen LogP contribution in [-0.2, 0) is 0 Å². The Morgan fingerprint density at radius 1 is 1.15 bits per heavy atom. The summed E-state index contributed by atoms with van der Waals surface area (Å²) in [5.41, 5.74) is 4.69. The maximum atomic E-state index is 3.76. The minimum atomic E-state index is 0.365. The molecule has 0 amide bonds. The van der Waals surface area contributed by atoms with Crippen LogP contribution in [0.3, 0.4) is 0 Å². The lowest BCUT2D eigenvalue weighted by molar-refractivity contribution is 0.223. The third kappa shape index (κ3) is 4.63. The summed E-state index contributed by atoms with van der Waals surface area (Å²) in [6.45, 7) is 17.2. The van der Waals surface area contributed by atoms with E-state index in [0.29, 0.717) is 17.4 Å². The van der Waals surface area contributed by atoms with Gasteiger partial charge in [0, 0.05) is 6.04 Å². The number of aryl methyl sites for hydroxylation is 1. The second-order valence-corrected chi connectivity index (χ2v) is 7.30. The lowest BCUT2D eigenvalue weighted by atomic mass is 9.77. The summed E-state index contributed by atoms with van der Waals surface area (Å²) in [5.74, 6) is 0.691. The summed E-state index contributed by atoms with van der Waals surface area (Å²) >= 11 is 0. The Bertz CT molecular complexity index is 414. The molecule has 0 aliphatic rings. The smallest absolute Gasteiger partial charge is 0.0325 e. The predicted molar refractivity (Wildman–Crippen MR) is 90.2 cm³/mol. The van der Waals surface area contributed by atoms with Crippen molar-refractivity contribution in [3.63, 3.8) is 0 Å². The minimum absolute atomic E-state index is 0.365. The topological polar surface area (TPSA) is 12.0 Å². The molecule has 1 nitrogen and oxygen atoms in total. The van der Waals surface area contributed by atoms with Crippen LogP contribution in [0.5, 0.6) is 0 Å². The van der Waals surface area contributed by atoms with Crippen molar-refractivity contribution in [1.29, 1.82) is 0 Å². The second-order valence-electron chi connectivity index (χ2n) is 7.30. The highest BCUT2D eigenvalue weighted by atomic mass is 14.9. The minimum Gasteiger partial charge on any atom is -0.310 e. The van der Waals surface area contributed by atoms with Crippen molar-refractivity contribution in [2.45, 2.75) is 67.3 Å². The molecule has 0 saturated heterocycles. The molecule has 1 aromatic carbocycles. The molecule has 1 aromatic rings. The SMILES string of the molecule is CCCNC(CC(C)C(C)(C)C)c1cccc(C)c1C. The van der Waals surface area contributed by atoms with E-state index in [0.717, 1.165) is 6.54 Å². The molecule has 1 heteroatoms. The number of benzene rings is 1. The van der Waals surface area contributed by atoms with Crippen molar-refractivity contribution in [1.82, 2.24) is 5.32 Å². The summed E-state index contributed by atoms with van der Waals surface area (Å²) in [6.07, 6.45) is 2.39. The molecule has 114 valence electrons. The highest BCUT2D eigenvalue weighted by molar-refractivity contribution is 5.35. The van der Waals surface area contributed by atoms with Gasteiger partial charge in [-0.15, -0.1) is 0 Å². The van der Waals surface area contributed by atoms with Crippen LogP contribution < -0.4 is 5.32 Å². The molecule has 20 heavy (non-hydrogen) atoms. The highest BCUT2D eigenvalue weighted by Gasteiger charge is 2.25. The van der Waals surface area contributed by atoms with Crippen molar-refractivity contribution in [3.05, 3.63) is 34.9 Å². The fraction of sp³-hybridized carbons (Fsp3) is 0.684. The van der Waals surface area contributed by atoms with Crippen LogP contribution in [0, 0.1) is 25.2 Å². The van der Waals surface area contributed by atoms with E-state index in [1.54, 1.807) is 0 Å². The molecule has 1 rings (SSSR count). The van der Waals surface area contributed by atoms with E-state index < -0.39 is 0 Å². The van der Waals surface area contributed by atoms with Gasteiger partial charge in [0.2, 0.25) is 0 Å². The van der Waals surface area contributed by atoms with Crippen LogP contribution in [0.1, 0.15) is 70.2 Å². The van der Waals surface area contributed by atoms with E-state index in [2.05, 4.69) is 72.0 Å². The molecule has 2 atom stereocenters. The molecule has 0 bridgehead atoms. The molecule has 0 aliphatic carbocycles. The maximum absolute atomic E-state index is 3.76. The Labute approximate surface area is 126 Å². The quantitative estimate of drug-likeness (QED) is 0.731. The molecule has 1 N–H and O–H groups in total. The van der Waals surface area contributed by atoms with E-state index in [4.69, 9.17) is 0 Å². The van der Waals surface area contributed by atoms with Crippen LogP contribution in [0.2, 0.25) is 0 Å². The van der Waals surface area contributed by atoms with Gasteiger partial charge in [-0.3, -0.25) is 0 Å². The van der Waals surface area contributed by atoms with Gasteiger partial charge in [0.25, 0.3) is 0 Å². The molecule has 0 fully saturated rings. The maximum Gasteiger partial charge on any atom is 0.0325 e. The lowest BCUT2D eigenvalue weighted by Crippen LogP contribution is -2.28. The second kappa shape index (κ2) is 7.26. The first-order valence-corrected chi connectivity index (χ1v) is 8.06. The zero-order valence-corrected chi connectivity index (χ0v) is 14.5. The van der Waals surface area contributed by atoms with Gasteiger partial charge < -0.3 is 5.32 Å². The molecule has 0 radical (unpaired) electrons. The fourth-order valence-electron chi connectivity index (χ4n) is 2.50. The van der Waals surface area contributed by atoms with Crippen molar-refractivity contribution in [2.75, 3.05) is 6.54 Å². The molecule has 0 heterocycles. The van der Waals surface area contributed by atoms with Gasteiger partial charge in [-0.1, -0.05) is 52.8 Å². The van der Waals surface area contributed by atoms with E-state index in [1.165, 1.54) is 29.5 Å². The third-order valence-corrected chi connectivity index (χ3v) is 4.73. The Balaban J connectivity index is 2.97. The monoisotopic (exact) mass is 275 g/mol. The average Bonchev–Trinajstić information content (AvgIpc) is 2.36. The van der Waals surface area contributed by atoms with E-state index in [9.17, 15) is 0 Å². The summed E-state index contributed by atoms with van der Waals surface area (Å²) in [5, 5.41) is 3.76.